The average Bonchev–Trinajstić information content (AvgIpc) is 2.89. The van der Waals surface area contributed by atoms with Crippen molar-refractivity contribution in [1.29, 1.82) is 0 Å². The zero-order valence-electron chi connectivity index (χ0n) is 11.4. The van der Waals surface area contributed by atoms with Crippen LogP contribution in [-0.2, 0) is 11.3 Å². The molecule has 0 bridgehead atoms. The summed E-state index contributed by atoms with van der Waals surface area (Å²) < 4.78 is 0. The van der Waals surface area contributed by atoms with Crippen LogP contribution in [0.1, 0.15) is 26.3 Å². The van der Waals surface area contributed by atoms with Crippen molar-refractivity contribution in [3.05, 3.63) is 40.7 Å². The minimum Gasteiger partial charge on any atom is -0.352 e. The third-order valence-electron chi connectivity index (χ3n) is 2.78. The predicted octanol–water partition coefficient (Wildman–Crippen LogP) is 3.47. The molecule has 2 aromatic rings. The Kier molecular flexibility index (Phi) is 4.00. The van der Waals surface area contributed by atoms with Crippen LogP contribution >= 0.6 is 11.3 Å². The summed E-state index contributed by atoms with van der Waals surface area (Å²) >= 11 is 1.65. The minimum absolute atomic E-state index is 0.0568. The monoisotopic (exact) mass is 274 g/mol. The lowest BCUT2D eigenvalue weighted by atomic mass is 9.95. The average molecular weight is 274 g/mol. The number of rotatable bonds is 3. The molecular formula is C15H18N2OS. The first-order valence-electron chi connectivity index (χ1n) is 6.22. The largest absolute Gasteiger partial charge is 0.352 e. The van der Waals surface area contributed by atoms with Gasteiger partial charge in [-0.05, 0) is 29.1 Å². The molecule has 2 rings (SSSR count). The number of nitrogens with one attached hydrogen (secondary N) is 1. The second-order valence-corrected chi connectivity index (χ2v) is 6.27. The summed E-state index contributed by atoms with van der Waals surface area (Å²) in [7, 11) is 0. The molecule has 3 nitrogen and oxygen atoms in total. The number of thiophene rings is 1. The van der Waals surface area contributed by atoms with Crippen molar-refractivity contribution in [3.8, 4) is 11.3 Å². The Morgan fingerprint density at radius 2 is 2.16 bits per heavy atom. The van der Waals surface area contributed by atoms with E-state index in [0.29, 0.717) is 6.54 Å². The van der Waals surface area contributed by atoms with Gasteiger partial charge in [0.1, 0.15) is 0 Å². The SMILES string of the molecule is CC(C)(C)C(=O)NCc1ccnc(-c2ccsc2)c1. The zero-order valence-corrected chi connectivity index (χ0v) is 12.3. The fraction of sp³-hybridized carbons (Fsp3) is 0.333. The third-order valence-corrected chi connectivity index (χ3v) is 3.46. The Hall–Kier alpha value is -1.68. The van der Waals surface area contributed by atoms with Gasteiger partial charge in [-0.2, -0.15) is 11.3 Å². The summed E-state index contributed by atoms with van der Waals surface area (Å²) in [6.07, 6.45) is 1.78. The van der Waals surface area contributed by atoms with Gasteiger partial charge in [-0.3, -0.25) is 9.78 Å². The van der Waals surface area contributed by atoms with E-state index in [1.165, 1.54) is 0 Å². The van der Waals surface area contributed by atoms with Crippen LogP contribution in [0.4, 0.5) is 0 Å². The van der Waals surface area contributed by atoms with E-state index in [4.69, 9.17) is 0 Å². The molecule has 19 heavy (non-hydrogen) atoms. The molecule has 2 heterocycles. The fourth-order valence-corrected chi connectivity index (χ4v) is 2.25. The van der Waals surface area contributed by atoms with Gasteiger partial charge in [-0.25, -0.2) is 0 Å². The van der Waals surface area contributed by atoms with Crippen molar-refractivity contribution in [2.75, 3.05) is 0 Å². The summed E-state index contributed by atoms with van der Waals surface area (Å²) in [6, 6.07) is 5.99. The maximum Gasteiger partial charge on any atom is 0.225 e. The highest BCUT2D eigenvalue weighted by Crippen LogP contribution is 2.20. The van der Waals surface area contributed by atoms with Crippen LogP contribution < -0.4 is 5.32 Å². The maximum absolute atomic E-state index is 11.8. The number of nitrogens with zero attached hydrogens (tertiary/aromatic N) is 1. The topological polar surface area (TPSA) is 42.0 Å². The molecule has 0 aliphatic rings. The van der Waals surface area contributed by atoms with Crippen LogP contribution in [0.15, 0.2) is 35.2 Å². The standard InChI is InChI=1S/C15H18N2OS/c1-15(2,3)14(18)17-9-11-4-6-16-13(8-11)12-5-7-19-10-12/h4-8,10H,9H2,1-3H3,(H,17,18). The molecule has 0 atom stereocenters. The van der Waals surface area contributed by atoms with Crippen LogP contribution in [0.25, 0.3) is 11.3 Å². The second-order valence-electron chi connectivity index (χ2n) is 5.49. The molecule has 2 aromatic heterocycles. The Labute approximate surface area is 117 Å². The first-order valence-corrected chi connectivity index (χ1v) is 7.17. The number of hydrogen-bond acceptors (Lipinski definition) is 3. The lowest BCUT2D eigenvalue weighted by molar-refractivity contribution is -0.128. The van der Waals surface area contributed by atoms with E-state index >= 15 is 0 Å². The zero-order chi connectivity index (χ0) is 13.9. The molecule has 0 spiro atoms. The molecule has 0 aliphatic heterocycles. The number of pyridine rings is 1. The van der Waals surface area contributed by atoms with Gasteiger partial charge in [-0.15, -0.1) is 0 Å². The normalized spacial score (nSPS) is 11.3. The highest BCUT2D eigenvalue weighted by Gasteiger charge is 2.20. The van der Waals surface area contributed by atoms with Gasteiger partial charge in [0.05, 0.1) is 5.69 Å². The number of aromatic nitrogens is 1. The Morgan fingerprint density at radius 1 is 1.37 bits per heavy atom. The van der Waals surface area contributed by atoms with Crippen LogP contribution in [0.2, 0.25) is 0 Å². The lowest BCUT2D eigenvalue weighted by Crippen LogP contribution is -2.34. The first-order chi connectivity index (χ1) is 8.97. The highest BCUT2D eigenvalue weighted by molar-refractivity contribution is 7.08. The third kappa shape index (κ3) is 3.64. The molecule has 0 unspecified atom stereocenters. The van der Waals surface area contributed by atoms with Gasteiger partial charge >= 0.3 is 0 Å². The van der Waals surface area contributed by atoms with Gasteiger partial charge in [0.25, 0.3) is 0 Å². The van der Waals surface area contributed by atoms with Gasteiger partial charge in [-0.1, -0.05) is 20.8 Å². The molecule has 4 heteroatoms. The quantitative estimate of drug-likeness (QED) is 0.931. The minimum atomic E-state index is -0.358. The van der Waals surface area contributed by atoms with E-state index < -0.39 is 0 Å². The van der Waals surface area contributed by atoms with Crippen LogP contribution in [0.5, 0.6) is 0 Å². The molecule has 0 aromatic carbocycles. The second kappa shape index (κ2) is 5.53. The van der Waals surface area contributed by atoms with Crippen LogP contribution in [-0.4, -0.2) is 10.9 Å². The first kappa shape index (κ1) is 13.7. The molecule has 1 N–H and O–H groups in total. The van der Waals surface area contributed by atoms with E-state index in [9.17, 15) is 4.79 Å². The Bertz CT molecular complexity index is 556. The smallest absolute Gasteiger partial charge is 0.225 e. The lowest BCUT2D eigenvalue weighted by Gasteiger charge is -2.17. The summed E-state index contributed by atoms with van der Waals surface area (Å²) in [5.41, 5.74) is 2.77. The Balaban J connectivity index is 2.06. The van der Waals surface area contributed by atoms with E-state index in [0.717, 1.165) is 16.8 Å². The molecule has 0 saturated heterocycles. The van der Waals surface area contributed by atoms with Crippen molar-refractivity contribution in [1.82, 2.24) is 10.3 Å². The van der Waals surface area contributed by atoms with E-state index in [1.54, 1.807) is 17.5 Å². The summed E-state index contributed by atoms with van der Waals surface area (Å²) in [6.45, 7) is 6.26. The molecule has 0 aliphatic carbocycles. The molecule has 0 fully saturated rings. The number of carbonyl (C=O) groups is 1. The van der Waals surface area contributed by atoms with E-state index in [2.05, 4.69) is 15.7 Å². The summed E-state index contributed by atoms with van der Waals surface area (Å²) in [5.74, 6) is 0.0568. The molecule has 0 radical (unpaired) electrons. The number of hydrogen-bond donors (Lipinski definition) is 1. The van der Waals surface area contributed by atoms with Crippen LogP contribution in [0, 0.1) is 5.41 Å². The van der Waals surface area contributed by atoms with Gasteiger partial charge in [0.2, 0.25) is 5.91 Å². The highest BCUT2D eigenvalue weighted by atomic mass is 32.1. The van der Waals surface area contributed by atoms with Gasteiger partial charge in [0, 0.05) is 29.1 Å². The van der Waals surface area contributed by atoms with Crippen molar-refractivity contribution >= 4 is 17.2 Å². The number of carbonyl (C=O) groups excluding carboxylic acids is 1. The number of amides is 1. The Morgan fingerprint density at radius 3 is 2.79 bits per heavy atom. The summed E-state index contributed by atoms with van der Waals surface area (Å²) in [5, 5.41) is 7.05. The summed E-state index contributed by atoms with van der Waals surface area (Å²) in [4.78, 5) is 16.2. The molecule has 0 saturated carbocycles. The maximum atomic E-state index is 11.8. The predicted molar refractivity (Wildman–Crippen MR) is 78.9 cm³/mol. The molecular weight excluding hydrogens is 256 g/mol. The van der Waals surface area contributed by atoms with Crippen molar-refractivity contribution in [2.24, 2.45) is 5.41 Å². The van der Waals surface area contributed by atoms with E-state index in [-0.39, 0.29) is 11.3 Å². The van der Waals surface area contributed by atoms with Gasteiger partial charge < -0.3 is 5.32 Å². The van der Waals surface area contributed by atoms with Crippen molar-refractivity contribution < 1.29 is 4.79 Å². The fourth-order valence-electron chi connectivity index (χ4n) is 1.60. The molecule has 100 valence electrons. The van der Waals surface area contributed by atoms with E-state index in [1.807, 2.05) is 44.4 Å². The molecule has 1 amide bonds. The van der Waals surface area contributed by atoms with Gasteiger partial charge in [0.15, 0.2) is 0 Å². The van der Waals surface area contributed by atoms with Crippen molar-refractivity contribution in [3.63, 3.8) is 0 Å². The van der Waals surface area contributed by atoms with Crippen molar-refractivity contribution in [2.45, 2.75) is 27.3 Å². The van der Waals surface area contributed by atoms with Crippen LogP contribution in [0.3, 0.4) is 0 Å².